The number of halogens is 1. The van der Waals surface area contributed by atoms with Crippen LogP contribution in [0.15, 0.2) is 24.3 Å². The van der Waals surface area contributed by atoms with Crippen LogP contribution in [0.1, 0.15) is 38.7 Å². The SMILES string of the molecule is C[C@H]1[C@@H](NC(=O)C[NH+](C)Cc2ccc(Cl)cc2)CCC[C@@H]1C. The van der Waals surface area contributed by atoms with Crippen molar-refractivity contribution >= 4 is 17.5 Å². The molecule has 1 aliphatic carbocycles. The molecule has 2 rings (SSSR count). The van der Waals surface area contributed by atoms with Crippen LogP contribution < -0.4 is 10.2 Å². The first-order chi connectivity index (χ1) is 10.5. The third-order valence-electron chi connectivity index (χ3n) is 4.93. The quantitative estimate of drug-likeness (QED) is 0.856. The van der Waals surface area contributed by atoms with E-state index in [9.17, 15) is 4.79 Å². The second-order valence-electron chi connectivity index (χ2n) is 6.88. The Morgan fingerprint density at radius 3 is 2.64 bits per heavy atom. The highest BCUT2D eigenvalue weighted by atomic mass is 35.5. The van der Waals surface area contributed by atoms with Gasteiger partial charge in [-0.2, -0.15) is 0 Å². The Morgan fingerprint density at radius 1 is 1.27 bits per heavy atom. The number of hydrogen-bond acceptors (Lipinski definition) is 1. The Kier molecular flexibility index (Phi) is 6.27. The van der Waals surface area contributed by atoms with E-state index in [4.69, 9.17) is 11.6 Å². The van der Waals surface area contributed by atoms with E-state index >= 15 is 0 Å². The van der Waals surface area contributed by atoms with Crippen molar-refractivity contribution in [1.29, 1.82) is 0 Å². The Labute approximate surface area is 139 Å². The van der Waals surface area contributed by atoms with Crippen LogP contribution in [-0.4, -0.2) is 25.5 Å². The molecular weight excluding hydrogens is 296 g/mol. The molecule has 1 fully saturated rings. The summed E-state index contributed by atoms with van der Waals surface area (Å²) in [6, 6.07) is 8.19. The normalized spacial score (nSPS) is 26.5. The Morgan fingerprint density at radius 2 is 1.95 bits per heavy atom. The predicted octanol–water partition coefficient (Wildman–Crippen LogP) is 2.30. The number of benzene rings is 1. The van der Waals surface area contributed by atoms with Gasteiger partial charge in [-0.05, 0) is 30.4 Å². The van der Waals surface area contributed by atoms with Gasteiger partial charge in [0.15, 0.2) is 6.54 Å². The molecule has 0 bridgehead atoms. The number of amides is 1. The van der Waals surface area contributed by atoms with Crippen molar-refractivity contribution in [2.45, 2.75) is 45.7 Å². The van der Waals surface area contributed by atoms with Gasteiger partial charge in [-0.25, -0.2) is 0 Å². The predicted molar refractivity (Wildman–Crippen MR) is 91.0 cm³/mol. The van der Waals surface area contributed by atoms with Gasteiger partial charge in [0.1, 0.15) is 6.54 Å². The number of hydrogen-bond donors (Lipinski definition) is 2. The molecule has 1 unspecified atom stereocenters. The molecule has 22 heavy (non-hydrogen) atoms. The minimum Gasteiger partial charge on any atom is -0.348 e. The van der Waals surface area contributed by atoms with Gasteiger partial charge in [0.25, 0.3) is 5.91 Å². The first-order valence-corrected chi connectivity index (χ1v) is 8.68. The van der Waals surface area contributed by atoms with E-state index in [0.717, 1.165) is 18.0 Å². The molecule has 0 spiro atoms. The molecule has 1 amide bonds. The smallest absolute Gasteiger partial charge is 0.275 e. The van der Waals surface area contributed by atoms with Crippen LogP contribution in [0.2, 0.25) is 5.02 Å². The molecule has 0 heterocycles. The third kappa shape index (κ3) is 4.99. The molecule has 3 nitrogen and oxygen atoms in total. The van der Waals surface area contributed by atoms with Crippen LogP contribution in [0.5, 0.6) is 0 Å². The van der Waals surface area contributed by atoms with Crippen LogP contribution in [0.4, 0.5) is 0 Å². The van der Waals surface area contributed by atoms with Crippen LogP contribution in [0, 0.1) is 11.8 Å². The Balaban J connectivity index is 1.79. The van der Waals surface area contributed by atoms with E-state index in [1.807, 2.05) is 24.3 Å². The van der Waals surface area contributed by atoms with Crippen LogP contribution >= 0.6 is 11.6 Å². The van der Waals surface area contributed by atoms with Gasteiger partial charge >= 0.3 is 0 Å². The molecule has 0 saturated heterocycles. The number of carbonyl (C=O) groups is 1. The Bertz CT molecular complexity index is 488. The second-order valence-corrected chi connectivity index (χ2v) is 7.31. The summed E-state index contributed by atoms with van der Waals surface area (Å²) < 4.78 is 0. The Hall–Kier alpha value is -1.06. The molecule has 1 saturated carbocycles. The summed E-state index contributed by atoms with van der Waals surface area (Å²) in [6.45, 7) is 5.90. The maximum Gasteiger partial charge on any atom is 0.275 e. The highest BCUT2D eigenvalue weighted by Gasteiger charge is 2.28. The molecular formula is C18H28ClN2O+. The molecule has 0 radical (unpaired) electrons. The summed E-state index contributed by atoms with van der Waals surface area (Å²) in [5.41, 5.74) is 1.20. The lowest BCUT2D eigenvalue weighted by Crippen LogP contribution is -3.09. The zero-order chi connectivity index (χ0) is 16.1. The lowest BCUT2D eigenvalue weighted by Gasteiger charge is -2.34. The topological polar surface area (TPSA) is 33.5 Å². The third-order valence-corrected chi connectivity index (χ3v) is 5.19. The maximum atomic E-state index is 12.3. The fourth-order valence-corrected chi connectivity index (χ4v) is 3.46. The largest absolute Gasteiger partial charge is 0.348 e. The molecule has 4 heteroatoms. The van der Waals surface area contributed by atoms with E-state index in [2.05, 4.69) is 26.2 Å². The van der Waals surface area contributed by atoms with Crippen LogP contribution in [0.3, 0.4) is 0 Å². The van der Waals surface area contributed by atoms with Gasteiger partial charge < -0.3 is 10.2 Å². The van der Waals surface area contributed by atoms with Crippen molar-refractivity contribution in [3.8, 4) is 0 Å². The minimum atomic E-state index is 0.164. The molecule has 0 aromatic heterocycles. The molecule has 4 atom stereocenters. The van der Waals surface area contributed by atoms with Gasteiger partial charge in [-0.15, -0.1) is 0 Å². The minimum absolute atomic E-state index is 0.164. The molecule has 1 aliphatic rings. The summed E-state index contributed by atoms with van der Waals surface area (Å²) in [5, 5.41) is 3.99. The van der Waals surface area contributed by atoms with Gasteiger partial charge in [0.05, 0.1) is 7.05 Å². The molecule has 1 aromatic rings. The highest BCUT2D eigenvalue weighted by Crippen LogP contribution is 2.29. The van der Waals surface area contributed by atoms with Crippen molar-refractivity contribution < 1.29 is 9.69 Å². The maximum absolute atomic E-state index is 12.3. The summed E-state index contributed by atoms with van der Waals surface area (Å²) >= 11 is 5.90. The number of carbonyl (C=O) groups excluding carboxylic acids is 1. The van der Waals surface area contributed by atoms with E-state index < -0.39 is 0 Å². The van der Waals surface area contributed by atoms with Crippen molar-refractivity contribution in [3.63, 3.8) is 0 Å². The fraction of sp³-hybridized carbons (Fsp3) is 0.611. The average Bonchev–Trinajstić information content (AvgIpc) is 2.46. The standard InChI is InChI=1S/C18H27ClN2O/c1-13-5-4-6-17(14(13)2)20-18(22)12-21(3)11-15-7-9-16(19)10-8-15/h7-10,13-14,17H,4-6,11-12H2,1-3H3,(H,20,22)/p+1/t13-,14+,17-/m0/s1. The lowest BCUT2D eigenvalue weighted by atomic mass is 9.78. The van der Waals surface area contributed by atoms with Crippen LogP contribution in [0.25, 0.3) is 0 Å². The summed E-state index contributed by atoms with van der Waals surface area (Å²) in [5.74, 6) is 1.45. The monoisotopic (exact) mass is 323 g/mol. The number of nitrogens with one attached hydrogen (secondary N) is 2. The van der Waals surface area contributed by atoms with Crippen molar-refractivity contribution in [1.82, 2.24) is 5.32 Å². The first-order valence-electron chi connectivity index (χ1n) is 8.31. The van der Waals surface area contributed by atoms with E-state index in [-0.39, 0.29) is 5.91 Å². The van der Waals surface area contributed by atoms with Gasteiger partial charge in [-0.3, -0.25) is 4.79 Å². The molecule has 0 aliphatic heterocycles. The van der Waals surface area contributed by atoms with Crippen LogP contribution in [-0.2, 0) is 11.3 Å². The number of rotatable bonds is 5. The van der Waals surface area contributed by atoms with E-state index in [0.29, 0.717) is 24.4 Å². The average molecular weight is 324 g/mol. The van der Waals surface area contributed by atoms with Crippen molar-refractivity contribution in [2.75, 3.05) is 13.6 Å². The van der Waals surface area contributed by atoms with Gasteiger partial charge in [-0.1, -0.05) is 50.4 Å². The first kappa shape index (κ1) is 17.3. The molecule has 2 N–H and O–H groups in total. The summed E-state index contributed by atoms with van der Waals surface area (Å²) in [4.78, 5) is 13.5. The summed E-state index contributed by atoms with van der Waals surface area (Å²) in [6.07, 6.45) is 3.63. The molecule has 122 valence electrons. The van der Waals surface area contributed by atoms with E-state index in [1.165, 1.54) is 23.3 Å². The van der Waals surface area contributed by atoms with Gasteiger partial charge in [0.2, 0.25) is 0 Å². The molecule has 1 aromatic carbocycles. The lowest BCUT2D eigenvalue weighted by molar-refractivity contribution is -0.885. The zero-order valence-corrected chi connectivity index (χ0v) is 14.6. The number of quaternary nitrogens is 1. The fourth-order valence-electron chi connectivity index (χ4n) is 3.33. The van der Waals surface area contributed by atoms with Gasteiger partial charge in [0, 0.05) is 16.6 Å². The van der Waals surface area contributed by atoms with Crippen molar-refractivity contribution in [2.24, 2.45) is 11.8 Å². The van der Waals surface area contributed by atoms with E-state index in [1.54, 1.807) is 0 Å². The van der Waals surface area contributed by atoms with Crippen molar-refractivity contribution in [3.05, 3.63) is 34.9 Å². The summed E-state index contributed by atoms with van der Waals surface area (Å²) in [7, 11) is 2.06. The second kappa shape index (κ2) is 7.98. The zero-order valence-electron chi connectivity index (χ0n) is 13.9. The number of likely N-dealkylation sites (N-methyl/N-ethyl adjacent to an activating group) is 1. The highest BCUT2D eigenvalue weighted by molar-refractivity contribution is 6.30.